The number of benzene rings is 1. The van der Waals surface area contributed by atoms with Gasteiger partial charge in [0.2, 0.25) is 5.95 Å². The number of ether oxygens (including phenoxy) is 1. The lowest BCUT2D eigenvalue weighted by Gasteiger charge is -2.08. The predicted molar refractivity (Wildman–Crippen MR) is 74.2 cm³/mol. The largest absolute Gasteiger partial charge is 0.497 e. The van der Waals surface area contributed by atoms with E-state index in [0.29, 0.717) is 12.5 Å². The number of anilines is 1. The summed E-state index contributed by atoms with van der Waals surface area (Å²) in [5.41, 5.74) is 1.81. The van der Waals surface area contributed by atoms with Crippen molar-refractivity contribution in [2.75, 3.05) is 19.0 Å². The van der Waals surface area contributed by atoms with Crippen molar-refractivity contribution >= 4 is 5.95 Å². The first-order valence-corrected chi connectivity index (χ1v) is 6.08. The van der Waals surface area contributed by atoms with Gasteiger partial charge in [-0.3, -0.25) is 0 Å². The van der Waals surface area contributed by atoms with Crippen molar-refractivity contribution in [3.63, 3.8) is 0 Å². The van der Waals surface area contributed by atoms with Crippen LogP contribution in [0, 0.1) is 0 Å². The van der Waals surface area contributed by atoms with Crippen LogP contribution in [-0.2, 0) is 0 Å². The number of nitrogens with zero attached hydrogens (tertiary/aromatic N) is 2. The summed E-state index contributed by atoms with van der Waals surface area (Å²) in [5.74, 6) is 1.32. The second kappa shape index (κ2) is 6.15. The Morgan fingerprint density at radius 2 is 2.00 bits per heavy atom. The van der Waals surface area contributed by atoms with Crippen molar-refractivity contribution in [3.05, 3.63) is 36.5 Å². The fourth-order valence-electron chi connectivity index (χ4n) is 1.61. The average molecular weight is 259 g/mol. The molecule has 5 nitrogen and oxygen atoms in total. The first kappa shape index (κ1) is 13.3. The Morgan fingerprint density at radius 3 is 2.63 bits per heavy atom. The molecule has 19 heavy (non-hydrogen) atoms. The molecule has 1 aromatic heterocycles. The van der Waals surface area contributed by atoms with Crippen LogP contribution >= 0.6 is 0 Å². The van der Waals surface area contributed by atoms with Gasteiger partial charge < -0.3 is 15.2 Å². The van der Waals surface area contributed by atoms with Crippen molar-refractivity contribution in [2.24, 2.45) is 0 Å². The molecule has 0 amide bonds. The topological polar surface area (TPSA) is 67.3 Å². The molecule has 1 heterocycles. The third-order valence-electron chi connectivity index (χ3n) is 2.60. The van der Waals surface area contributed by atoms with Crippen molar-refractivity contribution in [3.8, 4) is 17.0 Å². The second-order valence-electron chi connectivity index (χ2n) is 4.22. The van der Waals surface area contributed by atoms with Gasteiger partial charge in [0.25, 0.3) is 0 Å². The summed E-state index contributed by atoms with van der Waals surface area (Å²) in [6.45, 7) is 2.13. The van der Waals surface area contributed by atoms with E-state index in [1.54, 1.807) is 20.2 Å². The summed E-state index contributed by atoms with van der Waals surface area (Å²) in [6.07, 6.45) is 1.25. The lowest BCUT2D eigenvalue weighted by molar-refractivity contribution is 0.208. The van der Waals surface area contributed by atoms with E-state index in [9.17, 15) is 5.11 Å². The van der Waals surface area contributed by atoms with Crippen LogP contribution < -0.4 is 10.1 Å². The van der Waals surface area contributed by atoms with Crippen LogP contribution in [0.4, 0.5) is 5.95 Å². The van der Waals surface area contributed by atoms with E-state index in [0.717, 1.165) is 17.0 Å². The predicted octanol–water partition coefficient (Wildman–Crippen LogP) is 1.94. The van der Waals surface area contributed by atoms with Crippen LogP contribution in [0.5, 0.6) is 5.75 Å². The van der Waals surface area contributed by atoms with Gasteiger partial charge in [-0.25, -0.2) is 9.97 Å². The van der Waals surface area contributed by atoms with Gasteiger partial charge in [0.15, 0.2) is 0 Å². The van der Waals surface area contributed by atoms with Crippen LogP contribution in [0.25, 0.3) is 11.3 Å². The minimum absolute atomic E-state index is 0.423. The van der Waals surface area contributed by atoms with Gasteiger partial charge in [0, 0.05) is 18.3 Å². The van der Waals surface area contributed by atoms with Gasteiger partial charge in [-0.15, -0.1) is 0 Å². The summed E-state index contributed by atoms with van der Waals surface area (Å²) in [4.78, 5) is 8.51. The second-order valence-corrected chi connectivity index (χ2v) is 4.22. The molecular formula is C14H17N3O2. The summed E-state index contributed by atoms with van der Waals surface area (Å²) in [5, 5.41) is 12.2. The van der Waals surface area contributed by atoms with E-state index in [-0.39, 0.29) is 0 Å². The molecule has 1 atom stereocenters. The van der Waals surface area contributed by atoms with Gasteiger partial charge in [-0.1, -0.05) is 0 Å². The molecule has 0 bridgehead atoms. The zero-order chi connectivity index (χ0) is 13.7. The van der Waals surface area contributed by atoms with Gasteiger partial charge in [-0.2, -0.15) is 0 Å². The molecule has 1 unspecified atom stereocenters. The Hall–Kier alpha value is -2.14. The van der Waals surface area contributed by atoms with E-state index in [4.69, 9.17) is 4.74 Å². The smallest absolute Gasteiger partial charge is 0.223 e. The Morgan fingerprint density at radius 1 is 1.26 bits per heavy atom. The highest BCUT2D eigenvalue weighted by Gasteiger charge is 2.03. The SMILES string of the molecule is COc1ccc(-c2ccnc(NCC(C)O)n2)cc1. The average Bonchev–Trinajstić information content (AvgIpc) is 2.45. The maximum Gasteiger partial charge on any atom is 0.223 e. The number of aliphatic hydroxyl groups excluding tert-OH is 1. The highest BCUT2D eigenvalue weighted by molar-refractivity contribution is 5.60. The van der Waals surface area contributed by atoms with Crippen molar-refractivity contribution in [1.82, 2.24) is 9.97 Å². The standard InChI is InChI=1S/C14H17N3O2/c1-10(18)9-16-14-15-8-7-13(17-14)11-3-5-12(19-2)6-4-11/h3-8,10,18H,9H2,1-2H3,(H,15,16,17). The fourth-order valence-corrected chi connectivity index (χ4v) is 1.61. The van der Waals surface area contributed by atoms with E-state index in [1.165, 1.54) is 0 Å². The van der Waals surface area contributed by atoms with Crippen molar-refractivity contribution in [2.45, 2.75) is 13.0 Å². The molecule has 0 aliphatic carbocycles. The zero-order valence-electron chi connectivity index (χ0n) is 11.0. The van der Waals surface area contributed by atoms with Gasteiger partial charge in [0.1, 0.15) is 5.75 Å². The number of aliphatic hydroxyl groups is 1. The maximum absolute atomic E-state index is 9.23. The third-order valence-corrected chi connectivity index (χ3v) is 2.60. The minimum atomic E-state index is -0.437. The third kappa shape index (κ3) is 3.66. The molecule has 0 radical (unpaired) electrons. The number of nitrogens with one attached hydrogen (secondary N) is 1. The normalized spacial score (nSPS) is 11.9. The molecule has 5 heteroatoms. The fraction of sp³-hybridized carbons (Fsp3) is 0.286. The van der Waals surface area contributed by atoms with Gasteiger partial charge in [-0.05, 0) is 37.3 Å². The molecule has 0 aliphatic rings. The van der Waals surface area contributed by atoms with Crippen LogP contribution in [0.3, 0.4) is 0 Å². The van der Waals surface area contributed by atoms with Crippen LogP contribution in [0.2, 0.25) is 0 Å². The Balaban J connectivity index is 2.17. The van der Waals surface area contributed by atoms with Crippen molar-refractivity contribution in [1.29, 1.82) is 0 Å². The lowest BCUT2D eigenvalue weighted by Crippen LogP contribution is -2.16. The molecule has 2 aromatic rings. The van der Waals surface area contributed by atoms with Gasteiger partial charge in [0.05, 0.1) is 18.9 Å². The maximum atomic E-state index is 9.23. The minimum Gasteiger partial charge on any atom is -0.497 e. The Kier molecular flexibility index (Phi) is 4.30. The monoisotopic (exact) mass is 259 g/mol. The first-order valence-electron chi connectivity index (χ1n) is 6.08. The van der Waals surface area contributed by atoms with E-state index in [1.807, 2.05) is 30.3 Å². The Labute approximate surface area is 112 Å². The van der Waals surface area contributed by atoms with E-state index < -0.39 is 6.10 Å². The van der Waals surface area contributed by atoms with Gasteiger partial charge >= 0.3 is 0 Å². The molecule has 0 spiro atoms. The summed E-state index contributed by atoms with van der Waals surface area (Å²) in [7, 11) is 1.64. The van der Waals surface area contributed by atoms with Crippen LogP contribution in [-0.4, -0.2) is 34.8 Å². The molecule has 0 aliphatic heterocycles. The number of methoxy groups -OCH3 is 1. The number of hydrogen-bond donors (Lipinski definition) is 2. The van der Waals surface area contributed by atoms with E-state index >= 15 is 0 Å². The molecule has 0 saturated carbocycles. The summed E-state index contributed by atoms with van der Waals surface area (Å²) < 4.78 is 5.12. The molecule has 0 fully saturated rings. The molecule has 0 saturated heterocycles. The highest BCUT2D eigenvalue weighted by atomic mass is 16.5. The van der Waals surface area contributed by atoms with Crippen LogP contribution in [0.1, 0.15) is 6.92 Å². The zero-order valence-corrected chi connectivity index (χ0v) is 11.0. The summed E-state index contributed by atoms with van der Waals surface area (Å²) >= 11 is 0. The molecule has 2 N–H and O–H groups in total. The van der Waals surface area contributed by atoms with Crippen LogP contribution in [0.15, 0.2) is 36.5 Å². The molecule has 2 rings (SSSR count). The molecular weight excluding hydrogens is 242 g/mol. The number of aromatic nitrogens is 2. The highest BCUT2D eigenvalue weighted by Crippen LogP contribution is 2.20. The number of hydrogen-bond acceptors (Lipinski definition) is 5. The summed E-state index contributed by atoms with van der Waals surface area (Å²) in [6, 6.07) is 9.51. The van der Waals surface area contributed by atoms with Crippen molar-refractivity contribution < 1.29 is 9.84 Å². The first-order chi connectivity index (χ1) is 9.19. The Bertz CT molecular complexity index is 526. The number of rotatable bonds is 5. The molecule has 1 aromatic carbocycles. The quantitative estimate of drug-likeness (QED) is 0.859. The van der Waals surface area contributed by atoms with E-state index in [2.05, 4.69) is 15.3 Å². The lowest BCUT2D eigenvalue weighted by atomic mass is 10.1. The molecule has 100 valence electrons.